The van der Waals surface area contributed by atoms with Gasteiger partial charge in [0.2, 0.25) is 0 Å². The molecule has 128 valence electrons. The van der Waals surface area contributed by atoms with Gasteiger partial charge in [-0.05, 0) is 62.2 Å². The van der Waals surface area contributed by atoms with Gasteiger partial charge in [0.05, 0.1) is 6.54 Å². The monoisotopic (exact) mass is 391 g/mol. The van der Waals surface area contributed by atoms with Crippen LogP contribution in [-0.4, -0.2) is 25.2 Å². The minimum atomic E-state index is -0.563. The van der Waals surface area contributed by atoms with Gasteiger partial charge in [-0.3, -0.25) is 4.79 Å². The molecule has 2 rings (SSSR count). The van der Waals surface area contributed by atoms with E-state index in [9.17, 15) is 4.79 Å². The van der Waals surface area contributed by atoms with E-state index in [1.807, 2.05) is 56.3 Å². The second-order valence-electron chi connectivity index (χ2n) is 5.55. The Morgan fingerprint density at radius 1 is 1.17 bits per heavy atom. The van der Waals surface area contributed by atoms with Crippen LogP contribution in [0.2, 0.25) is 0 Å². The van der Waals surface area contributed by atoms with E-state index in [1.54, 1.807) is 6.92 Å². The molecule has 5 heteroatoms. The highest BCUT2D eigenvalue weighted by atomic mass is 79.9. The number of carbonyl (C=O) groups is 1. The molecule has 0 aliphatic carbocycles. The lowest BCUT2D eigenvalue weighted by Gasteiger charge is -2.15. The Morgan fingerprint density at radius 3 is 2.58 bits per heavy atom. The minimum absolute atomic E-state index is 0.164. The number of hydrogen-bond donors (Lipinski definition) is 1. The fraction of sp³-hybridized carbons (Fsp3) is 0.316. The number of carbonyl (C=O) groups excluding carboxylic acids is 1. The second-order valence-corrected chi connectivity index (χ2v) is 6.47. The van der Waals surface area contributed by atoms with Crippen molar-refractivity contribution in [3.63, 3.8) is 0 Å². The number of amides is 1. The Hall–Kier alpha value is -2.01. The van der Waals surface area contributed by atoms with Crippen LogP contribution in [0.4, 0.5) is 0 Å². The molecule has 2 aromatic carbocycles. The molecule has 0 unspecified atom stereocenters. The van der Waals surface area contributed by atoms with Gasteiger partial charge in [-0.1, -0.05) is 28.1 Å². The van der Waals surface area contributed by atoms with Crippen molar-refractivity contribution in [1.29, 1.82) is 0 Å². The number of rotatable bonds is 7. The largest absolute Gasteiger partial charge is 0.491 e. The summed E-state index contributed by atoms with van der Waals surface area (Å²) < 4.78 is 12.3. The molecule has 0 saturated heterocycles. The van der Waals surface area contributed by atoms with Crippen molar-refractivity contribution in [3.8, 4) is 11.5 Å². The second kappa shape index (κ2) is 8.73. The Bertz CT molecular complexity index is 686. The van der Waals surface area contributed by atoms with Gasteiger partial charge in [0.1, 0.15) is 18.1 Å². The number of aryl methyl sites for hydroxylation is 1. The summed E-state index contributed by atoms with van der Waals surface area (Å²) in [6.45, 7) is 6.65. The molecule has 4 nitrogen and oxygen atoms in total. The molecule has 0 aromatic heterocycles. The molecule has 0 spiro atoms. The van der Waals surface area contributed by atoms with Crippen LogP contribution in [0.25, 0.3) is 0 Å². The van der Waals surface area contributed by atoms with Crippen LogP contribution in [-0.2, 0) is 4.79 Å². The van der Waals surface area contributed by atoms with E-state index in [1.165, 1.54) is 5.56 Å². The molecule has 1 N–H and O–H groups in total. The first-order valence-electron chi connectivity index (χ1n) is 7.86. The van der Waals surface area contributed by atoms with Gasteiger partial charge in [-0.15, -0.1) is 0 Å². The first-order valence-corrected chi connectivity index (χ1v) is 8.65. The predicted molar refractivity (Wildman–Crippen MR) is 98.7 cm³/mol. The maximum Gasteiger partial charge on any atom is 0.260 e. The van der Waals surface area contributed by atoms with E-state index in [2.05, 4.69) is 21.2 Å². The molecule has 1 atom stereocenters. The van der Waals surface area contributed by atoms with E-state index in [4.69, 9.17) is 9.47 Å². The van der Waals surface area contributed by atoms with Crippen molar-refractivity contribution in [1.82, 2.24) is 5.32 Å². The fourth-order valence-corrected chi connectivity index (χ4v) is 2.39. The van der Waals surface area contributed by atoms with Gasteiger partial charge in [-0.2, -0.15) is 0 Å². The average molecular weight is 392 g/mol. The van der Waals surface area contributed by atoms with Gasteiger partial charge < -0.3 is 14.8 Å². The Balaban J connectivity index is 1.74. The van der Waals surface area contributed by atoms with E-state index < -0.39 is 6.10 Å². The normalized spacial score (nSPS) is 11.7. The summed E-state index contributed by atoms with van der Waals surface area (Å²) in [6, 6.07) is 13.3. The molecular formula is C19H22BrNO3. The molecule has 1 amide bonds. The quantitative estimate of drug-likeness (QED) is 0.724. The molecule has 2 aromatic rings. The van der Waals surface area contributed by atoms with Crippen molar-refractivity contribution in [2.45, 2.75) is 26.9 Å². The van der Waals surface area contributed by atoms with Gasteiger partial charge >= 0.3 is 0 Å². The lowest BCUT2D eigenvalue weighted by molar-refractivity contribution is -0.127. The van der Waals surface area contributed by atoms with Crippen LogP contribution in [0.5, 0.6) is 11.5 Å². The van der Waals surface area contributed by atoms with E-state index >= 15 is 0 Å². The van der Waals surface area contributed by atoms with Crippen molar-refractivity contribution >= 4 is 21.8 Å². The van der Waals surface area contributed by atoms with Crippen LogP contribution in [0.15, 0.2) is 46.9 Å². The van der Waals surface area contributed by atoms with E-state index in [0.29, 0.717) is 18.9 Å². The van der Waals surface area contributed by atoms with Gasteiger partial charge in [-0.25, -0.2) is 0 Å². The molecular weight excluding hydrogens is 370 g/mol. The lowest BCUT2D eigenvalue weighted by atomic mass is 10.1. The summed E-state index contributed by atoms with van der Waals surface area (Å²) in [7, 11) is 0. The summed E-state index contributed by atoms with van der Waals surface area (Å²) in [5.74, 6) is 1.35. The number of benzene rings is 2. The highest BCUT2D eigenvalue weighted by Crippen LogP contribution is 2.20. The molecule has 0 heterocycles. The maximum absolute atomic E-state index is 12.0. The van der Waals surface area contributed by atoms with Crippen molar-refractivity contribution in [3.05, 3.63) is 58.1 Å². The van der Waals surface area contributed by atoms with Crippen LogP contribution in [0.3, 0.4) is 0 Å². The standard InChI is InChI=1S/C19H22BrNO3/c1-13-5-4-6-18(14(13)2)23-12-11-21-19(22)15(3)24-17-9-7-16(20)8-10-17/h4-10,15H,11-12H2,1-3H3,(H,21,22)/t15-/m0/s1. The summed E-state index contributed by atoms with van der Waals surface area (Å²) in [5, 5.41) is 2.82. The van der Waals surface area contributed by atoms with Crippen LogP contribution < -0.4 is 14.8 Å². The van der Waals surface area contributed by atoms with Crippen molar-refractivity contribution in [2.75, 3.05) is 13.2 Å². The van der Waals surface area contributed by atoms with Crippen molar-refractivity contribution in [2.24, 2.45) is 0 Å². The summed E-state index contributed by atoms with van der Waals surface area (Å²) in [6.07, 6.45) is -0.563. The molecule has 0 aliphatic rings. The predicted octanol–water partition coefficient (Wildman–Crippen LogP) is 4.03. The molecule has 0 saturated carbocycles. The zero-order valence-corrected chi connectivity index (χ0v) is 15.7. The lowest BCUT2D eigenvalue weighted by Crippen LogP contribution is -2.38. The Kier molecular flexibility index (Phi) is 6.67. The number of ether oxygens (including phenoxy) is 2. The maximum atomic E-state index is 12.0. The highest BCUT2D eigenvalue weighted by molar-refractivity contribution is 9.10. The third-order valence-electron chi connectivity index (χ3n) is 3.71. The van der Waals surface area contributed by atoms with Gasteiger partial charge in [0.15, 0.2) is 6.10 Å². The van der Waals surface area contributed by atoms with Crippen LogP contribution in [0.1, 0.15) is 18.1 Å². The van der Waals surface area contributed by atoms with Gasteiger partial charge in [0.25, 0.3) is 5.91 Å². The Labute approximate surface area is 151 Å². The average Bonchev–Trinajstić information content (AvgIpc) is 2.57. The highest BCUT2D eigenvalue weighted by Gasteiger charge is 2.14. The van der Waals surface area contributed by atoms with Crippen molar-refractivity contribution < 1.29 is 14.3 Å². The molecule has 0 bridgehead atoms. The number of hydrogen-bond acceptors (Lipinski definition) is 3. The molecule has 24 heavy (non-hydrogen) atoms. The van der Waals surface area contributed by atoms with E-state index in [0.717, 1.165) is 15.8 Å². The Morgan fingerprint density at radius 2 is 1.88 bits per heavy atom. The zero-order valence-electron chi connectivity index (χ0n) is 14.1. The van der Waals surface area contributed by atoms with E-state index in [-0.39, 0.29) is 5.91 Å². The van der Waals surface area contributed by atoms with Crippen LogP contribution in [0, 0.1) is 13.8 Å². The zero-order chi connectivity index (χ0) is 17.5. The van der Waals surface area contributed by atoms with Crippen LogP contribution >= 0.6 is 15.9 Å². The molecule has 0 aliphatic heterocycles. The number of halogens is 1. The summed E-state index contributed by atoms with van der Waals surface area (Å²) in [5.41, 5.74) is 2.31. The minimum Gasteiger partial charge on any atom is -0.491 e. The molecule has 0 radical (unpaired) electrons. The van der Waals surface area contributed by atoms with Gasteiger partial charge in [0, 0.05) is 4.47 Å². The smallest absolute Gasteiger partial charge is 0.260 e. The third kappa shape index (κ3) is 5.27. The summed E-state index contributed by atoms with van der Waals surface area (Å²) >= 11 is 3.36. The topological polar surface area (TPSA) is 47.6 Å². The first kappa shape index (κ1) is 18.3. The number of nitrogens with one attached hydrogen (secondary N) is 1. The molecule has 0 fully saturated rings. The third-order valence-corrected chi connectivity index (χ3v) is 4.24. The summed E-state index contributed by atoms with van der Waals surface area (Å²) in [4.78, 5) is 12.0. The first-order chi connectivity index (χ1) is 11.5. The fourth-order valence-electron chi connectivity index (χ4n) is 2.13. The SMILES string of the molecule is Cc1cccc(OCCNC(=O)[C@H](C)Oc2ccc(Br)cc2)c1C.